The first-order chi connectivity index (χ1) is 8.98. The number of carbonyl (C=O) groups is 1. The SMILES string of the molecule is COC(OC(C)(C)C)C(COC(C)(C)C)NC(=O)CN. The van der Waals surface area contributed by atoms with Gasteiger partial charge < -0.3 is 25.3 Å². The van der Waals surface area contributed by atoms with Crippen molar-refractivity contribution in [1.29, 1.82) is 0 Å². The largest absolute Gasteiger partial charge is 0.374 e. The van der Waals surface area contributed by atoms with Crippen molar-refractivity contribution in [3.05, 3.63) is 0 Å². The summed E-state index contributed by atoms with van der Waals surface area (Å²) in [7, 11) is 1.54. The van der Waals surface area contributed by atoms with E-state index >= 15 is 0 Å². The van der Waals surface area contributed by atoms with Gasteiger partial charge in [-0.25, -0.2) is 0 Å². The van der Waals surface area contributed by atoms with Crippen LogP contribution in [0.2, 0.25) is 0 Å². The highest BCUT2D eigenvalue weighted by atomic mass is 16.7. The molecule has 6 heteroatoms. The van der Waals surface area contributed by atoms with Gasteiger partial charge in [0.2, 0.25) is 5.91 Å². The van der Waals surface area contributed by atoms with Gasteiger partial charge in [0.15, 0.2) is 6.29 Å². The number of rotatable bonds is 7. The van der Waals surface area contributed by atoms with Crippen LogP contribution in [0.1, 0.15) is 41.5 Å². The first-order valence-corrected chi connectivity index (χ1v) is 6.82. The van der Waals surface area contributed by atoms with Crippen LogP contribution in [0.15, 0.2) is 0 Å². The second-order valence-electron chi connectivity index (χ2n) is 6.64. The average molecular weight is 290 g/mol. The van der Waals surface area contributed by atoms with Crippen molar-refractivity contribution >= 4 is 5.91 Å². The van der Waals surface area contributed by atoms with E-state index < -0.39 is 17.9 Å². The Labute approximate surface area is 122 Å². The Kier molecular flexibility index (Phi) is 7.65. The summed E-state index contributed by atoms with van der Waals surface area (Å²) in [4.78, 5) is 11.5. The average Bonchev–Trinajstić information content (AvgIpc) is 2.29. The number of methoxy groups -OCH3 is 1. The van der Waals surface area contributed by atoms with Gasteiger partial charge in [-0.1, -0.05) is 0 Å². The third kappa shape index (κ3) is 9.25. The molecular formula is C14H30N2O4. The molecule has 0 bridgehead atoms. The summed E-state index contributed by atoms with van der Waals surface area (Å²) in [5.41, 5.74) is 4.63. The van der Waals surface area contributed by atoms with Crippen molar-refractivity contribution in [1.82, 2.24) is 5.32 Å². The number of ether oxygens (including phenoxy) is 3. The van der Waals surface area contributed by atoms with E-state index in [-0.39, 0.29) is 24.7 Å². The van der Waals surface area contributed by atoms with Crippen LogP contribution in [0, 0.1) is 0 Å². The highest BCUT2D eigenvalue weighted by Gasteiger charge is 2.29. The van der Waals surface area contributed by atoms with Crippen LogP contribution in [0.3, 0.4) is 0 Å². The van der Waals surface area contributed by atoms with Gasteiger partial charge in [-0.3, -0.25) is 4.79 Å². The molecule has 0 spiro atoms. The molecule has 0 aromatic heterocycles. The fourth-order valence-electron chi connectivity index (χ4n) is 1.44. The van der Waals surface area contributed by atoms with Crippen LogP contribution in [0.25, 0.3) is 0 Å². The van der Waals surface area contributed by atoms with E-state index in [4.69, 9.17) is 19.9 Å². The lowest BCUT2D eigenvalue weighted by Crippen LogP contribution is -2.52. The first-order valence-electron chi connectivity index (χ1n) is 6.82. The van der Waals surface area contributed by atoms with Crippen LogP contribution >= 0.6 is 0 Å². The summed E-state index contributed by atoms with van der Waals surface area (Å²) in [6.45, 7) is 11.8. The summed E-state index contributed by atoms with van der Waals surface area (Å²) in [5.74, 6) is -0.271. The molecule has 0 radical (unpaired) electrons. The third-order valence-corrected chi connectivity index (χ3v) is 2.26. The third-order valence-electron chi connectivity index (χ3n) is 2.26. The predicted octanol–water partition coefficient (Wildman–Crippen LogP) is 1.03. The topological polar surface area (TPSA) is 82.8 Å². The lowest BCUT2D eigenvalue weighted by molar-refractivity contribution is -0.206. The highest BCUT2D eigenvalue weighted by molar-refractivity contribution is 5.78. The Bertz CT molecular complexity index is 295. The van der Waals surface area contributed by atoms with Crippen molar-refractivity contribution in [3.63, 3.8) is 0 Å². The van der Waals surface area contributed by atoms with Crippen LogP contribution in [0.4, 0.5) is 0 Å². The normalized spacial score (nSPS) is 15.8. The van der Waals surface area contributed by atoms with Crippen LogP contribution in [0.5, 0.6) is 0 Å². The molecule has 0 rings (SSSR count). The van der Waals surface area contributed by atoms with Gasteiger partial charge in [-0.05, 0) is 41.5 Å². The molecule has 0 saturated heterocycles. The maximum atomic E-state index is 11.5. The van der Waals surface area contributed by atoms with Crippen molar-refractivity contribution < 1.29 is 19.0 Å². The molecule has 6 nitrogen and oxygen atoms in total. The van der Waals surface area contributed by atoms with Crippen molar-refractivity contribution in [2.45, 2.75) is 65.1 Å². The molecule has 2 atom stereocenters. The Morgan fingerprint density at radius 2 is 1.70 bits per heavy atom. The molecule has 0 aliphatic heterocycles. The lowest BCUT2D eigenvalue weighted by Gasteiger charge is -2.33. The highest BCUT2D eigenvalue weighted by Crippen LogP contribution is 2.16. The summed E-state index contributed by atoms with van der Waals surface area (Å²) >= 11 is 0. The quantitative estimate of drug-likeness (QED) is 0.684. The molecule has 2 unspecified atom stereocenters. The Hall–Kier alpha value is -0.690. The molecule has 0 heterocycles. The fraction of sp³-hybridized carbons (Fsp3) is 0.929. The van der Waals surface area contributed by atoms with Crippen LogP contribution in [-0.4, -0.2) is 49.7 Å². The summed E-state index contributed by atoms with van der Waals surface area (Å²) < 4.78 is 16.9. The molecule has 0 aliphatic carbocycles. The van der Waals surface area contributed by atoms with Gasteiger partial charge >= 0.3 is 0 Å². The molecule has 3 N–H and O–H groups in total. The number of carbonyl (C=O) groups excluding carboxylic acids is 1. The van der Waals surface area contributed by atoms with Crippen LogP contribution < -0.4 is 11.1 Å². The van der Waals surface area contributed by atoms with Gasteiger partial charge in [0.1, 0.15) is 6.04 Å². The Morgan fingerprint density at radius 1 is 1.15 bits per heavy atom. The molecule has 1 amide bonds. The molecule has 0 fully saturated rings. The van der Waals surface area contributed by atoms with Crippen LogP contribution in [-0.2, 0) is 19.0 Å². The second-order valence-corrected chi connectivity index (χ2v) is 6.64. The molecule has 0 aliphatic rings. The summed E-state index contributed by atoms with van der Waals surface area (Å²) in [6, 6.07) is -0.422. The monoisotopic (exact) mass is 290 g/mol. The van der Waals surface area contributed by atoms with E-state index in [0.29, 0.717) is 0 Å². The molecule has 0 aromatic carbocycles. The minimum absolute atomic E-state index is 0.0853. The zero-order valence-corrected chi connectivity index (χ0v) is 13.8. The van der Waals surface area contributed by atoms with E-state index in [1.54, 1.807) is 0 Å². The number of nitrogens with two attached hydrogens (primary N) is 1. The molecule has 0 aromatic rings. The van der Waals surface area contributed by atoms with E-state index in [0.717, 1.165) is 0 Å². The van der Waals surface area contributed by atoms with Gasteiger partial charge in [-0.15, -0.1) is 0 Å². The standard InChI is InChI=1S/C14H30N2O4/c1-13(2,3)19-9-10(16-11(17)8-15)12(18-7)20-14(4,5)6/h10,12H,8-9,15H2,1-7H3,(H,16,17). The Morgan fingerprint density at radius 3 is 2.05 bits per heavy atom. The Balaban J connectivity index is 4.82. The fourth-order valence-corrected chi connectivity index (χ4v) is 1.44. The van der Waals surface area contributed by atoms with Gasteiger partial charge in [-0.2, -0.15) is 0 Å². The second kappa shape index (κ2) is 7.93. The smallest absolute Gasteiger partial charge is 0.234 e. The minimum Gasteiger partial charge on any atom is -0.374 e. The number of hydrogen-bond donors (Lipinski definition) is 2. The summed E-state index contributed by atoms with van der Waals surface area (Å²) in [5, 5.41) is 2.77. The van der Waals surface area contributed by atoms with E-state index in [2.05, 4.69) is 5.32 Å². The van der Waals surface area contributed by atoms with Crippen molar-refractivity contribution in [2.24, 2.45) is 5.73 Å². The van der Waals surface area contributed by atoms with Gasteiger partial charge in [0.25, 0.3) is 0 Å². The number of amides is 1. The molecule has 120 valence electrons. The van der Waals surface area contributed by atoms with Crippen molar-refractivity contribution in [3.8, 4) is 0 Å². The maximum Gasteiger partial charge on any atom is 0.234 e. The van der Waals surface area contributed by atoms with Gasteiger partial charge in [0, 0.05) is 7.11 Å². The van der Waals surface area contributed by atoms with Crippen molar-refractivity contribution in [2.75, 3.05) is 20.3 Å². The zero-order chi connectivity index (χ0) is 16.0. The first kappa shape index (κ1) is 19.3. The van der Waals surface area contributed by atoms with Gasteiger partial charge in [0.05, 0.1) is 24.4 Å². The van der Waals surface area contributed by atoms with E-state index in [9.17, 15) is 4.79 Å². The predicted molar refractivity (Wildman–Crippen MR) is 78.3 cm³/mol. The molecule has 0 saturated carbocycles. The molecular weight excluding hydrogens is 260 g/mol. The maximum absolute atomic E-state index is 11.5. The van der Waals surface area contributed by atoms with E-state index in [1.165, 1.54) is 7.11 Å². The zero-order valence-electron chi connectivity index (χ0n) is 13.8. The number of hydrogen-bond acceptors (Lipinski definition) is 5. The minimum atomic E-state index is -0.604. The lowest BCUT2D eigenvalue weighted by atomic mass is 10.1. The summed E-state index contributed by atoms with van der Waals surface area (Å²) in [6.07, 6.45) is -0.604. The number of nitrogens with one attached hydrogen (secondary N) is 1. The molecule has 20 heavy (non-hydrogen) atoms. The van der Waals surface area contributed by atoms with E-state index in [1.807, 2.05) is 41.5 Å².